The first-order valence-corrected chi connectivity index (χ1v) is 7.09. The van der Waals surface area contributed by atoms with Gasteiger partial charge in [-0.25, -0.2) is 9.37 Å². The van der Waals surface area contributed by atoms with E-state index >= 15 is 0 Å². The van der Waals surface area contributed by atoms with Crippen molar-refractivity contribution >= 4 is 32.7 Å². The highest BCUT2D eigenvalue weighted by molar-refractivity contribution is 9.10. The lowest BCUT2D eigenvalue weighted by atomic mass is 10.1. The second kappa shape index (κ2) is 5.25. The SMILES string of the molecule is Nc1ccc(CCc2nc3cc(Br)c(F)cc3[nH]2)cc1. The Labute approximate surface area is 124 Å². The third-order valence-electron chi connectivity index (χ3n) is 3.20. The maximum absolute atomic E-state index is 13.4. The number of aromatic nitrogens is 2. The van der Waals surface area contributed by atoms with E-state index in [1.54, 1.807) is 6.07 Å². The fraction of sp³-hybridized carbons (Fsp3) is 0.133. The number of fused-ring (bicyclic) bond motifs is 1. The molecule has 5 heteroatoms. The van der Waals surface area contributed by atoms with Gasteiger partial charge in [0.25, 0.3) is 0 Å². The Morgan fingerprint density at radius 1 is 1.15 bits per heavy atom. The maximum atomic E-state index is 13.4. The van der Waals surface area contributed by atoms with Crippen LogP contribution in [0.25, 0.3) is 11.0 Å². The quantitative estimate of drug-likeness (QED) is 0.715. The molecular formula is C15H13BrFN3. The summed E-state index contributed by atoms with van der Waals surface area (Å²) in [5, 5.41) is 0. The van der Waals surface area contributed by atoms with Crippen LogP contribution in [0, 0.1) is 5.82 Å². The van der Waals surface area contributed by atoms with E-state index in [9.17, 15) is 4.39 Å². The molecule has 0 aliphatic heterocycles. The molecular weight excluding hydrogens is 321 g/mol. The van der Waals surface area contributed by atoms with Gasteiger partial charge in [0.15, 0.2) is 0 Å². The van der Waals surface area contributed by atoms with Gasteiger partial charge in [0, 0.05) is 18.2 Å². The van der Waals surface area contributed by atoms with Crippen LogP contribution in [0.5, 0.6) is 0 Å². The van der Waals surface area contributed by atoms with Crippen LogP contribution in [-0.2, 0) is 12.8 Å². The van der Waals surface area contributed by atoms with Gasteiger partial charge in [0.2, 0.25) is 0 Å². The lowest BCUT2D eigenvalue weighted by molar-refractivity contribution is 0.623. The van der Waals surface area contributed by atoms with E-state index in [1.165, 1.54) is 11.6 Å². The highest BCUT2D eigenvalue weighted by Crippen LogP contribution is 2.22. The summed E-state index contributed by atoms with van der Waals surface area (Å²) in [4.78, 5) is 7.62. The molecule has 0 unspecified atom stereocenters. The summed E-state index contributed by atoms with van der Waals surface area (Å²) in [7, 11) is 0. The summed E-state index contributed by atoms with van der Waals surface area (Å²) >= 11 is 3.17. The van der Waals surface area contributed by atoms with Crippen molar-refractivity contribution in [1.29, 1.82) is 0 Å². The van der Waals surface area contributed by atoms with Gasteiger partial charge < -0.3 is 10.7 Å². The average molecular weight is 334 g/mol. The van der Waals surface area contributed by atoms with E-state index in [0.717, 1.165) is 35.4 Å². The van der Waals surface area contributed by atoms with Crippen LogP contribution in [0.3, 0.4) is 0 Å². The minimum atomic E-state index is -0.286. The van der Waals surface area contributed by atoms with Crippen molar-refractivity contribution in [3.8, 4) is 0 Å². The molecule has 0 bridgehead atoms. The minimum absolute atomic E-state index is 0.286. The van der Waals surface area contributed by atoms with E-state index in [-0.39, 0.29) is 5.82 Å². The minimum Gasteiger partial charge on any atom is -0.399 e. The number of nitrogens with one attached hydrogen (secondary N) is 1. The normalized spacial score (nSPS) is 11.1. The zero-order valence-electron chi connectivity index (χ0n) is 10.7. The first-order chi connectivity index (χ1) is 9.61. The first kappa shape index (κ1) is 13.1. The Balaban J connectivity index is 1.79. The smallest absolute Gasteiger partial charge is 0.139 e. The zero-order chi connectivity index (χ0) is 14.1. The number of aryl methyl sites for hydroxylation is 2. The van der Waals surface area contributed by atoms with Crippen LogP contribution < -0.4 is 5.73 Å². The largest absolute Gasteiger partial charge is 0.399 e. The lowest BCUT2D eigenvalue weighted by Crippen LogP contribution is -1.94. The summed E-state index contributed by atoms with van der Waals surface area (Å²) in [6, 6.07) is 10.9. The van der Waals surface area contributed by atoms with Crippen LogP contribution in [0.2, 0.25) is 0 Å². The summed E-state index contributed by atoms with van der Waals surface area (Å²) < 4.78 is 13.9. The molecule has 0 saturated heterocycles. The average Bonchev–Trinajstić information content (AvgIpc) is 2.80. The number of benzene rings is 2. The van der Waals surface area contributed by atoms with Gasteiger partial charge in [-0.3, -0.25) is 0 Å². The van der Waals surface area contributed by atoms with Gasteiger partial charge >= 0.3 is 0 Å². The number of nitrogens with two attached hydrogens (primary N) is 1. The van der Waals surface area contributed by atoms with Gasteiger partial charge in [-0.05, 0) is 46.1 Å². The second-order valence-corrected chi connectivity index (χ2v) is 5.56. The Hall–Kier alpha value is -1.88. The van der Waals surface area contributed by atoms with Crippen molar-refractivity contribution < 1.29 is 4.39 Å². The summed E-state index contributed by atoms with van der Waals surface area (Å²) in [6.07, 6.45) is 1.64. The molecule has 0 fully saturated rings. The third kappa shape index (κ3) is 2.67. The predicted molar refractivity (Wildman–Crippen MR) is 82.0 cm³/mol. The molecule has 0 spiro atoms. The molecule has 1 aromatic heterocycles. The number of aromatic amines is 1. The molecule has 3 N–H and O–H groups in total. The predicted octanol–water partition coefficient (Wildman–Crippen LogP) is 3.83. The molecule has 0 saturated carbocycles. The van der Waals surface area contributed by atoms with Gasteiger partial charge in [0.1, 0.15) is 11.6 Å². The highest BCUT2D eigenvalue weighted by Gasteiger charge is 2.07. The molecule has 0 amide bonds. The van der Waals surface area contributed by atoms with Crippen molar-refractivity contribution in [3.63, 3.8) is 0 Å². The fourth-order valence-electron chi connectivity index (χ4n) is 2.12. The van der Waals surface area contributed by atoms with Crippen molar-refractivity contribution in [1.82, 2.24) is 9.97 Å². The number of rotatable bonds is 3. The highest BCUT2D eigenvalue weighted by atomic mass is 79.9. The first-order valence-electron chi connectivity index (χ1n) is 6.30. The summed E-state index contributed by atoms with van der Waals surface area (Å²) in [5.74, 6) is 0.570. The summed E-state index contributed by atoms with van der Waals surface area (Å²) in [6.45, 7) is 0. The van der Waals surface area contributed by atoms with E-state index in [2.05, 4.69) is 25.9 Å². The van der Waals surface area contributed by atoms with Gasteiger partial charge in [-0.2, -0.15) is 0 Å². The van der Waals surface area contributed by atoms with Gasteiger partial charge in [0.05, 0.1) is 15.5 Å². The van der Waals surface area contributed by atoms with Crippen LogP contribution in [0.15, 0.2) is 40.9 Å². The van der Waals surface area contributed by atoms with E-state index in [4.69, 9.17) is 5.73 Å². The van der Waals surface area contributed by atoms with E-state index < -0.39 is 0 Å². The Bertz CT molecular complexity index is 711. The monoisotopic (exact) mass is 333 g/mol. The number of hydrogen-bond acceptors (Lipinski definition) is 2. The molecule has 3 rings (SSSR count). The van der Waals surface area contributed by atoms with Crippen LogP contribution in [-0.4, -0.2) is 9.97 Å². The molecule has 2 aromatic carbocycles. The second-order valence-electron chi connectivity index (χ2n) is 4.71. The summed E-state index contributed by atoms with van der Waals surface area (Å²) in [5.41, 5.74) is 9.11. The number of anilines is 1. The lowest BCUT2D eigenvalue weighted by Gasteiger charge is -1.99. The maximum Gasteiger partial charge on any atom is 0.139 e. The van der Waals surface area contributed by atoms with E-state index in [0.29, 0.717) is 4.47 Å². The molecule has 20 heavy (non-hydrogen) atoms. The third-order valence-corrected chi connectivity index (χ3v) is 3.81. The Kier molecular flexibility index (Phi) is 3.44. The van der Waals surface area contributed by atoms with Crippen molar-refractivity contribution in [2.45, 2.75) is 12.8 Å². The Morgan fingerprint density at radius 3 is 2.65 bits per heavy atom. The number of H-pyrrole nitrogens is 1. The van der Waals surface area contributed by atoms with Crippen LogP contribution >= 0.6 is 15.9 Å². The van der Waals surface area contributed by atoms with Crippen molar-refractivity contribution in [2.75, 3.05) is 5.73 Å². The molecule has 102 valence electrons. The van der Waals surface area contributed by atoms with Gasteiger partial charge in [-0.1, -0.05) is 12.1 Å². The van der Waals surface area contributed by atoms with Crippen LogP contribution in [0.1, 0.15) is 11.4 Å². The number of nitrogen functional groups attached to an aromatic ring is 1. The number of halogens is 2. The zero-order valence-corrected chi connectivity index (χ0v) is 12.2. The number of hydrogen-bond donors (Lipinski definition) is 2. The molecule has 0 aliphatic carbocycles. The number of imidazole rings is 1. The van der Waals surface area contributed by atoms with Crippen molar-refractivity contribution in [3.05, 3.63) is 58.1 Å². The molecule has 0 aliphatic rings. The molecule has 0 atom stereocenters. The standard InChI is InChI=1S/C15H13BrFN3/c16-11-7-13-14(8-12(11)17)20-15(19-13)6-3-9-1-4-10(18)5-2-9/h1-2,4-5,7-8H,3,6,18H2,(H,19,20). The van der Waals surface area contributed by atoms with Crippen molar-refractivity contribution in [2.24, 2.45) is 0 Å². The molecule has 3 nitrogen and oxygen atoms in total. The van der Waals surface area contributed by atoms with E-state index in [1.807, 2.05) is 24.3 Å². The topological polar surface area (TPSA) is 54.7 Å². The van der Waals surface area contributed by atoms with Crippen LogP contribution in [0.4, 0.5) is 10.1 Å². The molecule has 3 aromatic rings. The number of nitrogens with zero attached hydrogens (tertiary/aromatic N) is 1. The molecule has 1 heterocycles. The Morgan fingerprint density at radius 2 is 1.90 bits per heavy atom. The molecule has 0 radical (unpaired) electrons. The van der Waals surface area contributed by atoms with Gasteiger partial charge in [-0.15, -0.1) is 0 Å². The fourth-order valence-corrected chi connectivity index (χ4v) is 2.45.